The largest absolute Gasteiger partial charge is 0.367 e. The standard InChI is InChI=1S/C25H34F2N4O/c1-25(2,3)21-15-22-28-19(14-20(24(26)27)31(22)29-21)18-10-7-13-30(16-18)23(32)12-11-17-8-5-4-6-9-17/h4-6,8-9,15,18-20,24,28H,7,10-14,16H2,1-3H3/t18?,19-,20+/m0/s1. The van der Waals surface area contributed by atoms with Gasteiger partial charge in [-0.1, -0.05) is 51.1 Å². The second-order valence-electron chi connectivity index (χ2n) is 10.2. The third-order valence-corrected chi connectivity index (χ3v) is 6.79. The molecule has 2 aliphatic rings. The van der Waals surface area contributed by atoms with Crippen molar-refractivity contribution in [1.29, 1.82) is 0 Å². The summed E-state index contributed by atoms with van der Waals surface area (Å²) < 4.78 is 29.4. The molecule has 174 valence electrons. The summed E-state index contributed by atoms with van der Waals surface area (Å²) in [6.07, 6.45) is 0.911. The van der Waals surface area contributed by atoms with Crippen LogP contribution in [0.5, 0.6) is 0 Å². The third-order valence-electron chi connectivity index (χ3n) is 6.79. The van der Waals surface area contributed by atoms with Gasteiger partial charge in [-0.15, -0.1) is 0 Å². The summed E-state index contributed by atoms with van der Waals surface area (Å²) in [5.74, 6) is 0.983. The number of carbonyl (C=O) groups excluding carboxylic acids is 1. The number of nitrogens with one attached hydrogen (secondary N) is 1. The van der Waals surface area contributed by atoms with Gasteiger partial charge in [-0.05, 0) is 37.2 Å². The molecule has 1 N–H and O–H groups in total. The molecule has 0 aliphatic carbocycles. The van der Waals surface area contributed by atoms with Crippen molar-refractivity contribution in [2.24, 2.45) is 5.92 Å². The van der Waals surface area contributed by atoms with Crippen molar-refractivity contribution in [2.75, 3.05) is 18.4 Å². The topological polar surface area (TPSA) is 50.2 Å². The van der Waals surface area contributed by atoms with E-state index >= 15 is 0 Å². The van der Waals surface area contributed by atoms with Crippen molar-refractivity contribution in [1.82, 2.24) is 14.7 Å². The smallest absolute Gasteiger partial charge is 0.260 e. The Morgan fingerprint density at radius 2 is 2.00 bits per heavy atom. The number of likely N-dealkylation sites (tertiary alicyclic amines) is 1. The number of halogens is 2. The molecular formula is C25H34F2N4O. The van der Waals surface area contributed by atoms with Crippen molar-refractivity contribution in [2.45, 2.75) is 76.8 Å². The lowest BCUT2D eigenvalue weighted by atomic mass is 9.85. The monoisotopic (exact) mass is 444 g/mol. The van der Waals surface area contributed by atoms with Gasteiger partial charge in [-0.3, -0.25) is 4.79 Å². The van der Waals surface area contributed by atoms with Gasteiger partial charge in [0.15, 0.2) is 0 Å². The van der Waals surface area contributed by atoms with Crippen LogP contribution in [0.1, 0.15) is 63.8 Å². The van der Waals surface area contributed by atoms with Crippen molar-refractivity contribution >= 4 is 11.7 Å². The Balaban J connectivity index is 1.43. The maximum atomic E-state index is 14.0. The Kier molecular flexibility index (Phi) is 6.54. The minimum atomic E-state index is -2.47. The number of aryl methyl sites for hydroxylation is 1. The molecule has 1 aromatic carbocycles. The number of carbonyl (C=O) groups is 1. The van der Waals surface area contributed by atoms with Crippen molar-refractivity contribution in [3.63, 3.8) is 0 Å². The maximum Gasteiger partial charge on any atom is 0.260 e. The number of hydrogen-bond donors (Lipinski definition) is 1. The Bertz CT molecular complexity index is 922. The van der Waals surface area contributed by atoms with Gasteiger partial charge in [0, 0.05) is 37.0 Å². The summed E-state index contributed by atoms with van der Waals surface area (Å²) in [6, 6.07) is 10.9. The number of hydrogen-bond acceptors (Lipinski definition) is 3. The van der Waals surface area contributed by atoms with E-state index in [2.05, 4.69) is 10.4 Å². The minimum absolute atomic E-state index is 0.0873. The lowest BCUT2D eigenvalue weighted by molar-refractivity contribution is -0.133. The number of piperidine rings is 1. The molecule has 0 spiro atoms. The van der Waals surface area contributed by atoms with E-state index in [-0.39, 0.29) is 23.3 Å². The lowest BCUT2D eigenvalue weighted by Crippen LogP contribution is -2.48. The molecule has 2 aromatic rings. The van der Waals surface area contributed by atoms with Gasteiger partial charge in [0.1, 0.15) is 11.9 Å². The van der Waals surface area contributed by atoms with Gasteiger partial charge in [-0.2, -0.15) is 5.10 Å². The van der Waals surface area contributed by atoms with Crippen LogP contribution in [0.25, 0.3) is 0 Å². The van der Waals surface area contributed by atoms with Crippen LogP contribution in [-0.4, -0.2) is 46.1 Å². The van der Waals surface area contributed by atoms with Gasteiger partial charge < -0.3 is 10.2 Å². The number of amides is 1. The molecule has 3 atom stereocenters. The van der Waals surface area contributed by atoms with E-state index in [1.807, 2.05) is 62.1 Å². The molecule has 7 heteroatoms. The van der Waals surface area contributed by atoms with Crippen molar-refractivity contribution in [3.05, 3.63) is 47.7 Å². The van der Waals surface area contributed by atoms with Crippen LogP contribution in [0.3, 0.4) is 0 Å². The number of benzene rings is 1. The molecule has 0 radical (unpaired) electrons. The van der Waals surface area contributed by atoms with E-state index in [0.29, 0.717) is 25.2 Å². The zero-order valence-electron chi connectivity index (χ0n) is 19.2. The molecule has 0 bridgehead atoms. The summed E-state index contributed by atoms with van der Waals surface area (Å²) in [5, 5.41) is 8.00. The Morgan fingerprint density at radius 3 is 2.69 bits per heavy atom. The van der Waals surface area contributed by atoms with Crippen LogP contribution in [-0.2, 0) is 16.6 Å². The quantitative estimate of drug-likeness (QED) is 0.703. The highest BCUT2D eigenvalue weighted by atomic mass is 19.3. The summed E-state index contributed by atoms with van der Waals surface area (Å²) in [4.78, 5) is 14.8. The number of rotatable bonds is 5. The predicted octanol–water partition coefficient (Wildman–Crippen LogP) is 5.04. The molecule has 1 unspecified atom stereocenters. The normalized spacial score (nSPS) is 23.7. The van der Waals surface area contributed by atoms with Gasteiger partial charge in [-0.25, -0.2) is 13.5 Å². The van der Waals surface area contributed by atoms with E-state index in [9.17, 15) is 13.6 Å². The van der Waals surface area contributed by atoms with E-state index in [0.717, 1.165) is 37.1 Å². The first-order valence-electron chi connectivity index (χ1n) is 11.7. The van der Waals surface area contributed by atoms with E-state index in [4.69, 9.17) is 0 Å². The van der Waals surface area contributed by atoms with Gasteiger partial charge in [0.2, 0.25) is 5.91 Å². The summed E-state index contributed by atoms with van der Waals surface area (Å²) in [5.41, 5.74) is 1.76. The number of anilines is 1. The van der Waals surface area contributed by atoms with E-state index in [1.54, 1.807) is 0 Å². The number of fused-ring (bicyclic) bond motifs is 1. The van der Waals surface area contributed by atoms with Crippen LogP contribution >= 0.6 is 0 Å². The Labute approximate surface area is 189 Å². The van der Waals surface area contributed by atoms with Gasteiger partial charge in [0.05, 0.1) is 5.69 Å². The molecule has 1 fully saturated rings. The third kappa shape index (κ3) is 4.97. The highest BCUT2D eigenvalue weighted by Gasteiger charge is 2.39. The van der Waals surface area contributed by atoms with E-state index < -0.39 is 12.5 Å². The fraction of sp³-hybridized carbons (Fsp3) is 0.600. The average molecular weight is 445 g/mol. The summed E-state index contributed by atoms with van der Waals surface area (Å²) in [7, 11) is 0. The fourth-order valence-corrected chi connectivity index (χ4v) is 4.87. The highest BCUT2D eigenvalue weighted by molar-refractivity contribution is 5.76. The second kappa shape index (κ2) is 9.20. The molecule has 1 amide bonds. The van der Waals surface area contributed by atoms with Gasteiger partial charge >= 0.3 is 0 Å². The van der Waals surface area contributed by atoms with Crippen LogP contribution < -0.4 is 5.32 Å². The van der Waals surface area contributed by atoms with Crippen LogP contribution in [0, 0.1) is 5.92 Å². The summed E-state index contributed by atoms with van der Waals surface area (Å²) in [6.45, 7) is 7.49. The zero-order chi connectivity index (χ0) is 22.9. The van der Waals surface area contributed by atoms with Crippen LogP contribution in [0.2, 0.25) is 0 Å². The first kappa shape index (κ1) is 22.7. The lowest BCUT2D eigenvalue weighted by Gasteiger charge is -2.41. The molecule has 5 nitrogen and oxygen atoms in total. The number of alkyl halides is 2. The molecule has 0 saturated carbocycles. The Hall–Kier alpha value is -2.44. The number of nitrogens with zero attached hydrogens (tertiary/aromatic N) is 3. The first-order valence-corrected chi connectivity index (χ1v) is 11.7. The summed E-state index contributed by atoms with van der Waals surface area (Å²) >= 11 is 0. The highest BCUT2D eigenvalue weighted by Crippen LogP contribution is 2.38. The fourth-order valence-electron chi connectivity index (χ4n) is 4.87. The van der Waals surface area contributed by atoms with Crippen LogP contribution in [0.15, 0.2) is 36.4 Å². The van der Waals surface area contributed by atoms with Crippen molar-refractivity contribution in [3.8, 4) is 0 Å². The maximum absolute atomic E-state index is 14.0. The predicted molar refractivity (Wildman–Crippen MR) is 122 cm³/mol. The van der Waals surface area contributed by atoms with E-state index in [1.165, 1.54) is 4.68 Å². The molecular weight excluding hydrogens is 410 g/mol. The SMILES string of the molecule is CC(C)(C)c1cc2n(n1)[C@@H](C(F)F)C[C@@H](C1CCCN(C(=O)CCc3ccccc3)C1)N2. The Morgan fingerprint density at radius 1 is 1.25 bits per heavy atom. The second-order valence-corrected chi connectivity index (χ2v) is 10.2. The van der Waals surface area contributed by atoms with Crippen molar-refractivity contribution < 1.29 is 13.6 Å². The first-order chi connectivity index (χ1) is 15.2. The zero-order valence-corrected chi connectivity index (χ0v) is 19.2. The molecule has 4 rings (SSSR count). The average Bonchev–Trinajstić information content (AvgIpc) is 3.22. The van der Waals surface area contributed by atoms with Gasteiger partial charge in [0.25, 0.3) is 6.43 Å². The van der Waals surface area contributed by atoms with Crippen LogP contribution in [0.4, 0.5) is 14.6 Å². The molecule has 2 aliphatic heterocycles. The minimum Gasteiger partial charge on any atom is -0.367 e. The molecule has 1 saturated heterocycles. The molecule has 1 aromatic heterocycles. The number of aromatic nitrogens is 2. The molecule has 32 heavy (non-hydrogen) atoms. The molecule has 3 heterocycles.